The highest BCUT2D eigenvalue weighted by molar-refractivity contribution is 5.82. The fraction of sp³-hybridized carbons (Fsp3) is 0.0667. The van der Waals surface area contributed by atoms with Crippen LogP contribution in [0.1, 0.15) is 11.1 Å². The molecule has 0 amide bonds. The summed E-state index contributed by atoms with van der Waals surface area (Å²) in [6.07, 6.45) is 0. The van der Waals surface area contributed by atoms with Crippen LogP contribution >= 0.6 is 0 Å². The van der Waals surface area contributed by atoms with Gasteiger partial charge >= 0.3 is 0 Å². The Labute approximate surface area is 111 Å². The molecule has 0 heterocycles. The summed E-state index contributed by atoms with van der Waals surface area (Å²) in [4.78, 5) is 0. The largest absolute Gasteiger partial charge is 0.504 e. The molecule has 0 radical (unpaired) electrons. The van der Waals surface area contributed by atoms with Gasteiger partial charge in [0.05, 0.1) is 7.11 Å². The molecule has 98 valence electrons. The van der Waals surface area contributed by atoms with Crippen LogP contribution in [0.5, 0.6) is 11.5 Å². The van der Waals surface area contributed by atoms with Gasteiger partial charge in [0.1, 0.15) is 5.82 Å². The van der Waals surface area contributed by atoms with Crippen LogP contribution in [0.3, 0.4) is 0 Å². The Bertz CT molecular complexity index is 603. The molecule has 0 saturated heterocycles. The van der Waals surface area contributed by atoms with Gasteiger partial charge in [-0.1, -0.05) is 36.4 Å². The van der Waals surface area contributed by atoms with Crippen LogP contribution in [0, 0.1) is 0 Å². The summed E-state index contributed by atoms with van der Waals surface area (Å²) < 4.78 is 5.02. The van der Waals surface area contributed by atoms with Gasteiger partial charge in [0.2, 0.25) is 0 Å². The van der Waals surface area contributed by atoms with E-state index in [2.05, 4.69) is 0 Å². The second kappa shape index (κ2) is 5.35. The van der Waals surface area contributed by atoms with E-state index in [1.807, 2.05) is 30.3 Å². The molecule has 2 aromatic carbocycles. The van der Waals surface area contributed by atoms with E-state index in [4.69, 9.17) is 16.2 Å². The molecule has 0 aliphatic heterocycles. The zero-order valence-corrected chi connectivity index (χ0v) is 10.6. The van der Waals surface area contributed by atoms with E-state index in [-0.39, 0.29) is 11.6 Å². The molecule has 0 bridgehead atoms. The van der Waals surface area contributed by atoms with Crippen molar-refractivity contribution in [2.45, 2.75) is 0 Å². The first-order chi connectivity index (χ1) is 9.13. The highest BCUT2D eigenvalue weighted by Crippen LogP contribution is 2.32. The molecule has 5 N–H and O–H groups in total. The van der Waals surface area contributed by atoms with Gasteiger partial charge in [-0.2, -0.15) is 0 Å². The normalized spacial score (nSPS) is 9.95. The summed E-state index contributed by atoms with van der Waals surface area (Å²) in [7, 11) is 1.50. The first-order valence-electron chi connectivity index (χ1n) is 5.81. The van der Waals surface area contributed by atoms with Crippen molar-refractivity contribution in [2.75, 3.05) is 7.11 Å². The highest BCUT2D eigenvalue weighted by atomic mass is 16.5. The molecule has 2 aromatic rings. The Morgan fingerprint density at radius 1 is 1.00 bits per heavy atom. The minimum absolute atomic E-state index is 0.0506. The quantitative estimate of drug-likeness (QED) is 0.785. The third-order valence-electron chi connectivity index (χ3n) is 2.82. The lowest BCUT2D eigenvalue weighted by Crippen LogP contribution is -2.12. The number of rotatable bonds is 3. The number of phenols is 1. The summed E-state index contributed by atoms with van der Waals surface area (Å²) in [6.45, 7) is 0. The maximum atomic E-state index is 9.84. The number of nitrogens with two attached hydrogens (primary N) is 2. The summed E-state index contributed by atoms with van der Waals surface area (Å²) in [5, 5.41) is 9.84. The van der Waals surface area contributed by atoms with Crippen LogP contribution in [0.25, 0.3) is 5.57 Å². The van der Waals surface area contributed by atoms with Crippen LogP contribution in [0.15, 0.2) is 54.4 Å². The topological polar surface area (TPSA) is 81.5 Å². The maximum Gasteiger partial charge on any atom is 0.160 e. The molecule has 0 aromatic heterocycles. The SMILES string of the molecule is COc1ccc(C(=C(N)N)c2ccccc2)cc1O. The molecular formula is C15H16N2O2. The third-order valence-corrected chi connectivity index (χ3v) is 2.82. The zero-order chi connectivity index (χ0) is 13.8. The Morgan fingerprint density at radius 2 is 1.68 bits per heavy atom. The van der Waals surface area contributed by atoms with Gasteiger partial charge in [0.15, 0.2) is 11.5 Å². The van der Waals surface area contributed by atoms with Crippen molar-refractivity contribution in [1.82, 2.24) is 0 Å². The lowest BCUT2D eigenvalue weighted by molar-refractivity contribution is 0.373. The van der Waals surface area contributed by atoms with E-state index in [0.717, 1.165) is 11.1 Å². The molecule has 0 fully saturated rings. The second-order valence-corrected chi connectivity index (χ2v) is 4.08. The summed E-state index contributed by atoms with van der Waals surface area (Å²) in [5.41, 5.74) is 13.9. The predicted octanol–water partition coefficient (Wildman–Crippen LogP) is 2.04. The van der Waals surface area contributed by atoms with Gasteiger partial charge in [-0.3, -0.25) is 0 Å². The Hall–Kier alpha value is -2.62. The van der Waals surface area contributed by atoms with Crippen LogP contribution in [-0.4, -0.2) is 12.2 Å². The van der Waals surface area contributed by atoms with Crippen molar-refractivity contribution in [2.24, 2.45) is 11.5 Å². The molecule has 0 saturated carbocycles. The minimum Gasteiger partial charge on any atom is -0.504 e. The maximum absolute atomic E-state index is 9.84. The standard InChI is InChI=1S/C15H16N2O2/c1-19-13-8-7-11(9-12(13)18)14(15(16)17)10-5-3-2-4-6-10/h2-9,18H,16-17H2,1H3. The van der Waals surface area contributed by atoms with Crippen LogP contribution in [0.2, 0.25) is 0 Å². The second-order valence-electron chi connectivity index (χ2n) is 4.08. The molecule has 19 heavy (non-hydrogen) atoms. The van der Waals surface area contributed by atoms with Crippen molar-refractivity contribution in [1.29, 1.82) is 0 Å². The Kier molecular flexibility index (Phi) is 3.61. The molecule has 4 heteroatoms. The summed E-state index contributed by atoms with van der Waals surface area (Å²) in [6, 6.07) is 14.6. The van der Waals surface area contributed by atoms with Gasteiger partial charge in [0, 0.05) is 5.57 Å². The van der Waals surface area contributed by atoms with Crippen LogP contribution in [0.4, 0.5) is 0 Å². The predicted molar refractivity (Wildman–Crippen MR) is 75.5 cm³/mol. The molecule has 0 aliphatic rings. The lowest BCUT2D eigenvalue weighted by atomic mass is 9.97. The molecule has 0 atom stereocenters. The fourth-order valence-electron chi connectivity index (χ4n) is 1.95. The number of methoxy groups -OCH3 is 1. The van der Waals surface area contributed by atoms with E-state index < -0.39 is 0 Å². The van der Waals surface area contributed by atoms with Crippen molar-refractivity contribution < 1.29 is 9.84 Å². The molecule has 0 unspecified atom stereocenters. The zero-order valence-electron chi connectivity index (χ0n) is 10.6. The first-order valence-corrected chi connectivity index (χ1v) is 5.81. The molecule has 4 nitrogen and oxygen atoms in total. The van der Waals surface area contributed by atoms with Crippen molar-refractivity contribution >= 4 is 5.57 Å². The number of benzene rings is 2. The fourth-order valence-corrected chi connectivity index (χ4v) is 1.95. The van der Waals surface area contributed by atoms with E-state index in [0.29, 0.717) is 11.3 Å². The van der Waals surface area contributed by atoms with Gasteiger partial charge in [-0.05, 0) is 23.3 Å². The minimum atomic E-state index is 0.0506. The molecule has 2 rings (SSSR count). The number of ether oxygens (including phenoxy) is 1. The molecule has 0 spiro atoms. The van der Waals surface area contributed by atoms with E-state index in [1.54, 1.807) is 18.2 Å². The Balaban J connectivity index is 2.54. The van der Waals surface area contributed by atoms with Gasteiger partial charge in [0.25, 0.3) is 0 Å². The number of phenolic OH excluding ortho intramolecular Hbond substituents is 1. The van der Waals surface area contributed by atoms with Gasteiger partial charge < -0.3 is 21.3 Å². The number of hydrogen-bond donors (Lipinski definition) is 3. The van der Waals surface area contributed by atoms with Gasteiger partial charge in [-0.15, -0.1) is 0 Å². The van der Waals surface area contributed by atoms with Crippen molar-refractivity contribution in [3.63, 3.8) is 0 Å². The number of aromatic hydroxyl groups is 1. The third kappa shape index (κ3) is 2.63. The lowest BCUT2D eigenvalue weighted by Gasteiger charge is -2.12. The van der Waals surface area contributed by atoms with Crippen LogP contribution < -0.4 is 16.2 Å². The summed E-state index contributed by atoms with van der Waals surface area (Å²) in [5.74, 6) is 0.664. The average Bonchev–Trinajstić information content (AvgIpc) is 2.40. The smallest absolute Gasteiger partial charge is 0.160 e. The Morgan fingerprint density at radius 3 is 2.21 bits per heavy atom. The first kappa shape index (κ1) is 12.8. The van der Waals surface area contributed by atoms with E-state index >= 15 is 0 Å². The van der Waals surface area contributed by atoms with Crippen molar-refractivity contribution in [3.05, 3.63) is 65.5 Å². The highest BCUT2D eigenvalue weighted by Gasteiger charge is 2.11. The van der Waals surface area contributed by atoms with Gasteiger partial charge in [-0.25, -0.2) is 0 Å². The summed E-state index contributed by atoms with van der Waals surface area (Å²) >= 11 is 0. The van der Waals surface area contributed by atoms with Crippen LogP contribution in [-0.2, 0) is 0 Å². The monoisotopic (exact) mass is 256 g/mol. The van der Waals surface area contributed by atoms with E-state index in [1.165, 1.54) is 7.11 Å². The van der Waals surface area contributed by atoms with Crippen molar-refractivity contribution in [3.8, 4) is 11.5 Å². The van der Waals surface area contributed by atoms with E-state index in [9.17, 15) is 5.11 Å². The molecule has 0 aliphatic carbocycles. The molecular weight excluding hydrogens is 240 g/mol. The average molecular weight is 256 g/mol. The number of hydrogen-bond acceptors (Lipinski definition) is 4.